The van der Waals surface area contributed by atoms with E-state index < -0.39 is 15.5 Å². The molecule has 0 spiro atoms. The average molecular weight is 355 g/mol. The molecule has 0 radical (unpaired) electrons. The van der Waals surface area contributed by atoms with Crippen molar-refractivity contribution >= 4 is 16.1 Å². The molecule has 1 aromatic rings. The molecule has 0 aromatic heterocycles. The van der Waals surface area contributed by atoms with Gasteiger partial charge >= 0.3 is 5.97 Å². The topological polar surface area (TPSA) is 72.9 Å². The van der Waals surface area contributed by atoms with E-state index in [1.807, 2.05) is 6.92 Å². The van der Waals surface area contributed by atoms with Gasteiger partial charge < -0.3 is 4.84 Å². The summed E-state index contributed by atoms with van der Waals surface area (Å²) in [4.78, 5) is 17.5. The number of hydrogen-bond acceptors (Lipinski definition) is 6. The van der Waals surface area contributed by atoms with Gasteiger partial charge in [-0.25, -0.2) is 4.79 Å². The second-order valence-corrected chi connectivity index (χ2v) is 8.73. The van der Waals surface area contributed by atoms with Crippen LogP contribution in [0.5, 0.6) is 0 Å². The molecule has 24 heavy (non-hydrogen) atoms. The van der Waals surface area contributed by atoms with E-state index in [0.29, 0.717) is 6.54 Å². The molecule has 0 saturated carbocycles. The molecule has 1 fully saturated rings. The van der Waals surface area contributed by atoms with Gasteiger partial charge in [0.1, 0.15) is 0 Å². The van der Waals surface area contributed by atoms with Gasteiger partial charge in [-0.3, -0.25) is 4.18 Å². The lowest BCUT2D eigenvalue weighted by molar-refractivity contribution is -0.205. The fourth-order valence-corrected chi connectivity index (χ4v) is 3.22. The van der Waals surface area contributed by atoms with Crippen LogP contribution in [0.15, 0.2) is 29.2 Å². The quantitative estimate of drug-likeness (QED) is 0.756. The van der Waals surface area contributed by atoms with Crippen molar-refractivity contribution in [2.24, 2.45) is 5.41 Å². The van der Waals surface area contributed by atoms with Crippen molar-refractivity contribution < 1.29 is 22.2 Å². The van der Waals surface area contributed by atoms with Crippen LogP contribution >= 0.6 is 0 Å². The van der Waals surface area contributed by atoms with Crippen LogP contribution in [0.1, 0.15) is 39.2 Å². The summed E-state index contributed by atoms with van der Waals surface area (Å²) in [6.07, 6.45) is 1.55. The van der Waals surface area contributed by atoms with Crippen molar-refractivity contribution in [2.45, 2.75) is 51.5 Å². The molecule has 1 aliphatic heterocycles. The lowest BCUT2D eigenvalue weighted by atomic mass is 9.98. The Kier molecular flexibility index (Phi) is 5.67. The first-order valence-electron chi connectivity index (χ1n) is 8.05. The van der Waals surface area contributed by atoms with Gasteiger partial charge in [0.15, 0.2) is 0 Å². The highest BCUT2D eigenvalue weighted by Crippen LogP contribution is 2.23. The van der Waals surface area contributed by atoms with E-state index in [0.717, 1.165) is 18.4 Å². The average Bonchev–Trinajstić information content (AvgIpc) is 2.92. The van der Waals surface area contributed by atoms with E-state index in [2.05, 4.69) is 0 Å². The highest BCUT2D eigenvalue weighted by Gasteiger charge is 2.33. The summed E-state index contributed by atoms with van der Waals surface area (Å²) in [6.45, 7) is 7.77. The van der Waals surface area contributed by atoms with E-state index in [-0.39, 0.29) is 23.5 Å². The molecule has 7 heteroatoms. The van der Waals surface area contributed by atoms with E-state index in [1.54, 1.807) is 32.9 Å². The molecular formula is C17H25NO5S. The lowest BCUT2D eigenvalue weighted by Gasteiger charge is -2.26. The highest BCUT2D eigenvalue weighted by atomic mass is 32.2. The van der Waals surface area contributed by atoms with Gasteiger partial charge in [0.05, 0.1) is 23.0 Å². The molecule has 1 aromatic carbocycles. The fourth-order valence-electron chi connectivity index (χ4n) is 2.28. The molecule has 1 heterocycles. The number of carbonyl (C=O) groups is 1. The number of benzene rings is 1. The van der Waals surface area contributed by atoms with Crippen LogP contribution in [0.3, 0.4) is 0 Å². The third kappa shape index (κ3) is 4.78. The summed E-state index contributed by atoms with van der Waals surface area (Å²) in [5.74, 6) is -0.337. The summed E-state index contributed by atoms with van der Waals surface area (Å²) < 4.78 is 29.7. The van der Waals surface area contributed by atoms with Crippen LogP contribution in [0, 0.1) is 12.3 Å². The summed E-state index contributed by atoms with van der Waals surface area (Å²) in [5, 5.41) is 1.54. The standard InChI is InChI=1S/C17H25NO5S/c1-13-7-9-15(10-8-13)24(20,21)22-12-14-6-5-11-18(14)23-16(19)17(2,3)4/h7-10,14H,5-6,11-12H2,1-4H3/t14-/m0/s1. The third-order valence-corrected chi connectivity index (χ3v) is 5.16. The molecule has 1 saturated heterocycles. The number of rotatable bonds is 5. The van der Waals surface area contributed by atoms with Gasteiger partial charge in [-0.05, 0) is 52.7 Å². The molecule has 0 N–H and O–H groups in total. The molecule has 0 amide bonds. The summed E-state index contributed by atoms with van der Waals surface area (Å²) in [5.41, 5.74) is 0.368. The maximum absolute atomic E-state index is 12.2. The Morgan fingerprint density at radius 1 is 1.25 bits per heavy atom. The number of nitrogens with zero attached hydrogens (tertiary/aromatic N) is 1. The Balaban J connectivity index is 1.97. The molecule has 2 rings (SSSR count). The first-order chi connectivity index (χ1) is 11.1. The van der Waals surface area contributed by atoms with Crippen molar-refractivity contribution in [1.82, 2.24) is 5.06 Å². The third-order valence-electron chi connectivity index (χ3n) is 3.86. The number of aryl methyl sites for hydroxylation is 1. The van der Waals surface area contributed by atoms with Crippen LogP contribution < -0.4 is 0 Å². The van der Waals surface area contributed by atoms with Crippen molar-refractivity contribution in [3.05, 3.63) is 29.8 Å². The fraction of sp³-hybridized carbons (Fsp3) is 0.588. The van der Waals surface area contributed by atoms with Crippen molar-refractivity contribution in [1.29, 1.82) is 0 Å². The Labute approximate surface area is 143 Å². The van der Waals surface area contributed by atoms with Gasteiger partial charge in [0, 0.05) is 6.54 Å². The Morgan fingerprint density at radius 2 is 1.88 bits per heavy atom. The van der Waals surface area contributed by atoms with Crippen LogP contribution in [0.25, 0.3) is 0 Å². The number of hydrogen-bond donors (Lipinski definition) is 0. The minimum Gasteiger partial charge on any atom is -0.367 e. The summed E-state index contributed by atoms with van der Waals surface area (Å²) >= 11 is 0. The predicted octanol–water partition coefficient (Wildman–Crippen LogP) is 2.67. The molecule has 0 aliphatic carbocycles. The van der Waals surface area contributed by atoms with Gasteiger partial charge in [-0.2, -0.15) is 8.42 Å². The van der Waals surface area contributed by atoms with Crippen molar-refractivity contribution in [2.75, 3.05) is 13.2 Å². The molecule has 134 valence electrons. The molecular weight excluding hydrogens is 330 g/mol. The summed E-state index contributed by atoms with van der Waals surface area (Å²) in [7, 11) is -3.81. The molecule has 0 bridgehead atoms. The van der Waals surface area contributed by atoms with E-state index in [1.165, 1.54) is 17.2 Å². The van der Waals surface area contributed by atoms with E-state index >= 15 is 0 Å². The van der Waals surface area contributed by atoms with Crippen LogP contribution in [-0.2, 0) is 23.9 Å². The number of hydroxylamine groups is 2. The highest BCUT2D eigenvalue weighted by molar-refractivity contribution is 7.86. The van der Waals surface area contributed by atoms with Crippen LogP contribution in [0.4, 0.5) is 0 Å². The molecule has 1 atom stereocenters. The maximum atomic E-state index is 12.2. The van der Waals surface area contributed by atoms with E-state index in [4.69, 9.17) is 9.02 Å². The van der Waals surface area contributed by atoms with Crippen molar-refractivity contribution in [3.63, 3.8) is 0 Å². The largest absolute Gasteiger partial charge is 0.367 e. The second kappa shape index (κ2) is 7.21. The SMILES string of the molecule is Cc1ccc(S(=O)(=O)OC[C@@H]2CCCN2OC(=O)C(C)(C)C)cc1. The second-order valence-electron chi connectivity index (χ2n) is 7.12. The minimum atomic E-state index is -3.81. The zero-order chi connectivity index (χ0) is 18.0. The smallest absolute Gasteiger partial charge is 0.330 e. The monoisotopic (exact) mass is 355 g/mol. The minimum absolute atomic E-state index is 0.0341. The van der Waals surface area contributed by atoms with Crippen LogP contribution in [-0.4, -0.2) is 38.6 Å². The zero-order valence-electron chi connectivity index (χ0n) is 14.6. The molecule has 0 unspecified atom stereocenters. The first-order valence-corrected chi connectivity index (χ1v) is 9.45. The summed E-state index contributed by atoms with van der Waals surface area (Å²) in [6, 6.07) is 6.25. The Hall–Kier alpha value is -1.44. The van der Waals surface area contributed by atoms with Gasteiger partial charge in [0.25, 0.3) is 10.1 Å². The predicted molar refractivity (Wildman–Crippen MR) is 89.6 cm³/mol. The number of carbonyl (C=O) groups excluding carboxylic acids is 1. The Bertz CT molecular complexity index is 676. The van der Waals surface area contributed by atoms with Gasteiger partial charge in [-0.1, -0.05) is 17.7 Å². The normalized spacial score (nSPS) is 19.4. The lowest BCUT2D eigenvalue weighted by Crippen LogP contribution is -2.39. The zero-order valence-corrected chi connectivity index (χ0v) is 15.4. The van der Waals surface area contributed by atoms with Crippen LogP contribution in [0.2, 0.25) is 0 Å². The van der Waals surface area contributed by atoms with Gasteiger partial charge in [-0.15, -0.1) is 5.06 Å². The van der Waals surface area contributed by atoms with E-state index in [9.17, 15) is 13.2 Å². The maximum Gasteiger partial charge on any atom is 0.330 e. The first kappa shape index (κ1) is 18.9. The van der Waals surface area contributed by atoms with Crippen molar-refractivity contribution in [3.8, 4) is 0 Å². The van der Waals surface area contributed by atoms with Gasteiger partial charge in [0.2, 0.25) is 0 Å². The molecule has 6 nitrogen and oxygen atoms in total. The molecule has 1 aliphatic rings. The Morgan fingerprint density at radius 3 is 2.46 bits per heavy atom.